The van der Waals surface area contributed by atoms with Crippen LogP contribution in [0.2, 0.25) is 0 Å². The molecule has 3 amide bonds. The summed E-state index contributed by atoms with van der Waals surface area (Å²) >= 11 is 0. The minimum Gasteiger partial charge on any atom is -0.478 e. The number of hydrogen-bond acceptors (Lipinski definition) is 4. The lowest BCUT2D eigenvalue weighted by Gasteiger charge is -2.18. The summed E-state index contributed by atoms with van der Waals surface area (Å²) in [4.78, 5) is 35.6. The SMILES string of the molecule is CCC1(C)NC(=O)N(Cc2cc(C(=O)O)co2)C1=O. The van der Waals surface area contributed by atoms with Gasteiger partial charge in [0.25, 0.3) is 5.91 Å². The molecule has 2 heterocycles. The fourth-order valence-corrected chi connectivity index (χ4v) is 1.86. The maximum absolute atomic E-state index is 12.1. The lowest BCUT2D eigenvalue weighted by atomic mass is 9.99. The van der Waals surface area contributed by atoms with Gasteiger partial charge in [0.1, 0.15) is 17.6 Å². The van der Waals surface area contributed by atoms with Crippen molar-refractivity contribution in [1.82, 2.24) is 10.2 Å². The van der Waals surface area contributed by atoms with Gasteiger partial charge in [0.05, 0.1) is 12.1 Å². The van der Waals surface area contributed by atoms with Gasteiger partial charge in [-0.25, -0.2) is 9.59 Å². The van der Waals surface area contributed by atoms with Crippen LogP contribution in [-0.2, 0) is 11.3 Å². The number of nitrogens with zero attached hydrogens (tertiary/aromatic N) is 1. The van der Waals surface area contributed by atoms with E-state index in [9.17, 15) is 14.4 Å². The molecule has 1 unspecified atom stereocenters. The zero-order chi connectivity index (χ0) is 14.2. The first-order chi connectivity index (χ1) is 8.87. The van der Waals surface area contributed by atoms with Crippen LogP contribution in [0.4, 0.5) is 4.79 Å². The summed E-state index contributed by atoms with van der Waals surface area (Å²) < 4.78 is 5.03. The summed E-state index contributed by atoms with van der Waals surface area (Å²) in [6, 6.07) is 0.799. The molecule has 102 valence electrons. The van der Waals surface area contributed by atoms with Gasteiger partial charge < -0.3 is 14.8 Å². The molecule has 7 nitrogen and oxygen atoms in total. The Bertz CT molecular complexity index is 550. The molecule has 0 spiro atoms. The summed E-state index contributed by atoms with van der Waals surface area (Å²) in [5, 5.41) is 11.4. The maximum Gasteiger partial charge on any atom is 0.338 e. The number of amides is 3. The van der Waals surface area contributed by atoms with E-state index in [1.54, 1.807) is 13.8 Å². The fraction of sp³-hybridized carbons (Fsp3) is 0.417. The monoisotopic (exact) mass is 266 g/mol. The van der Waals surface area contributed by atoms with Crippen molar-refractivity contribution in [2.24, 2.45) is 0 Å². The minimum absolute atomic E-state index is 0.0136. The number of imide groups is 1. The zero-order valence-electron chi connectivity index (χ0n) is 10.6. The van der Waals surface area contributed by atoms with Crippen LogP contribution in [0.3, 0.4) is 0 Å². The van der Waals surface area contributed by atoms with Crippen molar-refractivity contribution in [3.05, 3.63) is 23.7 Å². The van der Waals surface area contributed by atoms with Gasteiger partial charge in [0, 0.05) is 0 Å². The lowest BCUT2D eigenvalue weighted by molar-refractivity contribution is -0.131. The molecule has 0 bridgehead atoms. The molecule has 1 aliphatic heterocycles. The third kappa shape index (κ3) is 2.18. The van der Waals surface area contributed by atoms with E-state index in [2.05, 4.69) is 5.32 Å². The largest absolute Gasteiger partial charge is 0.478 e. The van der Waals surface area contributed by atoms with Crippen molar-refractivity contribution < 1.29 is 23.9 Å². The molecule has 0 saturated carbocycles. The van der Waals surface area contributed by atoms with Crippen LogP contribution in [0.25, 0.3) is 0 Å². The van der Waals surface area contributed by atoms with Crippen LogP contribution in [0.5, 0.6) is 0 Å². The highest BCUT2D eigenvalue weighted by molar-refractivity contribution is 6.06. The number of carboxylic acids is 1. The van der Waals surface area contributed by atoms with E-state index < -0.39 is 17.5 Å². The molecule has 2 N–H and O–H groups in total. The number of carbonyl (C=O) groups excluding carboxylic acids is 2. The van der Waals surface area contributed by atoms with E-state index in [1.165, 1.54) is 6.07 Å². The van der Waals surface area contributed by atoms with Gasteiger partial charge in [0.2, 0.25) is 0 Å². The Hall–Kier alpha value is -2.31. The second-order valence-electron chi connectivity index (χ2n) is 4.61. The lowest BCUT2D eigenvalue weighted by Crippen LogP contribution is -2.43. The van der Waals surface area contributed by atoms with Crippen LogP contribution in [0.15, 0.2) is 16.7 Å². The summed E-state index contributed by atoms with van der Waals surface area (Å²) in [5.74, 6) is -1.21. The van der Waals surface area contributed by atoms with Crippen LogP contribution in [0.1, 0.15) is 36.4 Å². The van der Waals surface area contributed by atoms with Crippen molar-refractivity contribution in [3.63, 3.8) is 0 Å². The first-order valence-corrected chi connectivity index (χ1v) is 5.82. The number of carboxylic acid groups (broad SMARTS) is 1. The average Bonchev–Trinajstić information content (AvgIpc) is 2.90. The molecular formula is C12H14N2O5. The summed E-state index contributed by atoms with van der Waals surface area (Å²) in [6.45, 7) is 3.38. The summed E-state index contributed by atoms with van der Waals surface area (Å²) in [7, 11) is 0. The number of furan rings is 1. The zero-order valence-corrected chi connectivity index (χ0v) is 10.6. The second kappa shape index (κ2) is 4.42. The predicted molar refractivity (Wildman–Crippen MR) is 63.4 cm³/mol. The molecule has 0 radical (unpaired) electrons. The first-order valence-electron chi connectivity index (χ1n) is 5.82. The molecule has 1 aromatic rings. The van der Waals surface area contributed by atoms with Crippen molar-refractivity contribution in [2.75, 3.05) is 0 Å². The smallest absolute Gasteiger partial charge is 0.338 e. The molecule has 1 aromatic heterocycles. The Balaban J connectivity index is 2.17. The van der Waals surface area contributed by atoms with Crippen LogP contribution in [-0.4, -0.2) is 33.5 Å². The Morgan fingerprint density at radius 3 is 2.68 bits per heavy atom. The Labute approximate surface area is 109 Å². The number of carbonyl (C=O) groups is 3. The van der Waals surface area contributed by atoms with Crippen molar-refractivity contribution in [2.45, 2.75) is 32.4 Å². The standard InChI is InChI=1S/C12H14N2O5/c1-3-12(2)10(17)14(11(18)13-12)5-8-4-7(6-19-8)9(15)16/h4,6H,3,5H2,1-2H3,(H,13,18)(H,15,16). The van der Waals surface area contributed by atoms with Crippen LogP contribution < -0.4 is 5.32 Å². The van der Waals surface area contributed by atoms with Crippen molar-refractivity contribution >= 4 is 17.9 Å². The highest BCUT2D eigenvalue weighted by atomic mass is 16.4. The van der Waals surface area contributed by atoms with Gasteiger partial charge in [-0.3, -0.25) is 9.69 Å². The average molecular weight is 266 g/mol. The number of nitrogens with one attached hydrogen (secondary N) is 1. The van der Waals surface area contributed by atoms with Gasteiger partial charge in [-0.1, -0.05) is 6.92 Å². The molecule has 0 aliphatic carbocycles. The number of urea groups is 1. The first kappa shape index (κ1) is 13.1. The Morgan fingerprint density at radius 2 is 2.21 bits per heavy atom. The third-order valence-electron chi connectivity index (χ3n) is 3.27. The summed E-state index contributed by atoms with van der Waals surface area (Å²) in [5.41, 5.74) is -0.917. The quantitative estimate of drug-likeness (QED) is 0.797. The Kier molecular flexibility index (Phi) is 3.05. The van der Waals surface area contributed by atoms with E-state index in [0.717, 1.165) is 11.2 Å². The van der Waals surface area contributed by atoms with Gasteiger partial charge in [-0.2, -0.15) is 0 Å². The van der Waals surface area contributed by atoms with Gasteiger partial charge >= 0.3 is 12.0 Å². The molecule has 19 heavy (non-hydrogen) atoms. The van der Waals surface area contributed by atoms with Crippen molar-refractivity contribution in [3.8, 4) is 0 Å². The predicted octanol–water partition coefficient (Wildman–Crippen LogP) is 1.20. The van der Waals surface area contributed by atoms with E-state index in [4.69, 9.17) is 9.52 Å². The maximum atomic E-state index is 12.1. The highest BCUT2D eigenvalue weighted by Gasteiger charge is 2.46. The van der Waals surface area contributed by atoms with Crippen molar-refractivity contribution in [1.29, 1.82) is 0 Å². The van der Waals surface area contributed by atoms with E-state index >= 15 is 0 Å². The highest BCUT2D eigenvalue weighted by Crippen LogP contribution is 2.23. The Morgan fingerprint density at radius 1 is 1.53 bits per heavy atom. The molecule has 0 aromatic carbocycles. The number of aromatic carboxylic acids is 1. The molecule has 2 rings (SSSR count). The van der Waals surface area contributed by atoms with E-state index in [1.807, 2.05) is 0 Å². The summed E-state index contributed by atoms with van der Waals surface area (Å²) in [6.07, 6.45) is 1.56. The van der Waals surface area contributed by atoms with Gasteiger partial charge in [-0.05, 0) is 19.4 Å². The number of hydrogen-bond donors (Lipinski definition) is 2. The van der Waals surface area contributed by atoms with E-state index in [0.29, 0.717) is 6.42 Å². The topological polar surface area (TPSA) is 99.8 Å². The molecular weight excluding hydrogens is 252 g/mol. The number of rotatable bonds is 4. The van der Waals surface area contributed by atoms with Gasteiger partial charge in [-0.15, -0.1) is 0 Å². The minimum atomic E-state index is -1.12. The fourth-order valence-electron chi connectivity index (χ4n) is 1.86. The molecule has 1 aliphatic rings. The van der Waals surface area contributed by atoms with E-state index in [-0.39, 0.29) is 23.8 Å². The normalized spacial score (nSPS) is 22.7. The molecule has 1 atom stereocenters. The van der Waals surface area contributed by atoms with Crippen LogP contribution >= 0.6 is 0 Å². The third-order valence-corrected chi connectivity index (χ3v) is 3.27. The van der Waals surface area contributed by atoms with Crippen LogP contribution in [0, 0.1) is 0 Å². The molecule has 7 heteroatoms. The molecule has 1 fully saturated rings. The van der Waals surface area contributed by atoms with Gasteiger partial charge in [0.15, 0.2) is 0 Å². The molecule has 1 saturated heterocycles. The second-order valence-corrected chi connectivity index (χ2v) is 4.61.